The lowest BCUT2D eigenvalue weighted by Gasteiger charge is -2.32. The van der Waals surface area contributed by atoms with Crippen LogP contribution in [0.1, 0.15) is 10.4 Å². The number of esters is 1. The Morgan fingerprint density at radius 1 is 0.667 bits per heavy atom. The molecule has 2 aromatic rings. The van der Waals surface area contributed by atoms with Crippen molar-refractivity contribution in [2.24, 2.45) is 5.41 Å². The molecular weight excluding hydrogens is 432 g/mol. The monoisotopic (exact) mass is 466 g/mol. The molecule has 184 valence electrons. The van der Waals surface area contributed by atoms with Crippen LogP contribution in [0.2, 0.25) is 0 Å². The van der Waals surface area contributed by atoms with Crippen LogP contribution in [0.15, 0.2) is 42.5 Å². The van der Waals surface area contributed by atoms with Crippen LogP contribution >= 0.6 is 0 Å². The van der Waals surface area contributed by atoms with E-state index < -0.39 is 11.4 Å². The van der Waals surface area contributed by atoms with Gasteiger partial charge in [-0.25, -0.2) is 4.79 Å². The molecule has 9 nitrogen and oxygen atoms in total. The Balaban J connectivity index is 1.90. The third-order valence-corrected chi connectivity index (χ3v) is 4.81. The minimum Gasteiger partial charge on any atom is -0.460 e. The molecule has 0 spiro atoms. The largest absolute Gasteiger partial charge is 0.460 e. The van der Waals surface area contributed by atoms with Crippen LogP contribution < -0.4 is 0 Å². The van der Waals surface area contributed by atoms with Crippen molar-refractivity contribution < 1.29 is 43.8 Å². The summed E-state index contributed by atoms with van der Waals surface area (Å²) in [5.41, 5.74) is -0.228. The van der Waals surface area contributed by atoms with E-state index in [0.29, 0.717) is 5.56 Å². The number of fused-ring (bicyclic) bond motifs is 1. The number of hydrogen-bond acceptors (Lipinski definition) is 9. The van der Waals surface area contributed by atoms with E-state index in [-0.39, 0.29) is 79.3 Å². The second-order valence-electron chi connectivity index (χ2n) is 7.54. The van der Waals surface area contributed by atoms with Gasteiger partial charge in [0.1, 0.15) is 6.61 Å². The van der Waals surface area contributed by atoms with Crippen molar-refractivity contribution in [3.8, 4) is 0 Å². The standard InChI is InChI=1S/C24H34O9/c25-8-11-29-16-24(17-30-12-9-26,18-31-13-10-27)19-32-14-15-33-23(28)22-7-3-5-20-4-1-2-6-21(20)22/h1-7,25-27H,8-19H2. The zero-order chi connectivity index (χ0) is 23.8. The van der Waals surface area contributed by atoms with Crippen LogP contribution in [0.3, 0.4) is 0 Å². The summed E-state index contributed by atoms with van der Waals surface area (Å²) in [6.07, 6.45) is 0. The van der Waals surface area contributed by atoms with E-state index in [4.69, 9.17) is 39.0 Å². The molecule has 0 aliphatic carbocycles. The molecule has 0 heterocycles. The maximum Gasteiger partial charge on any atom is 0.338 e. The van der Waals surface area contributed by atoms with Crippen LogP contribution in [0.25, 0.3) is 10.8 Å². The quantitative estimate of drug-likeness (QED) is 0.218. The Labute approximate surface area is 193 Å². The van der Waals surface area contributed by atoms with E-state index in [0.717, 1.165) is 10.8 Å². The molecule has 33 heavy (non-hydrogen) atoms. The van der Waals surface area contributed by atoms with Crippen molar-refractivity contribution in [3.05, 3.63) is 48.0 Å². The summed E-state index contributed by atoms with van der Waals surface area (Å²) in [4.78, 5) is 12.5. The predicted molar refractivity (Wildman–Crippen MR) is 121 cm³/mol. The molecule has 0 fully saturated rings. The zero-order valence-electron chi connectivity index (χ0n) is 18.8. The molecule has 0 bridgehead atoms. The maximum atomic E-state index is 12.5. The summed E-state index contributed by atoms with van der Waals surface area (Å²) < 4.78 is 27.7. The average Bonchev–Trinajstić information content (AvgIpc) is 2.84. The summed E-state index contributed by atoms with van der Waals surface area (Å²) in [5.74, 6) is -0.425. The highest BCUT2D eigenvalue weighted by atomic mass is 16.6. The lowest BCUT2D eigenvalue weighted by Crippen LogP contribution is -2.42. The summed E-state index contributed by atoms with van der Waals surface area (Å²) in [6.45, 7) is 0.964. The normalized spacial score (nSPS) is 11.7. The van der Waals surface area contributed by atoms with Gasteiger partial charge in [-0.2, -0.15) is 0 Å². The molecule has 0 aliphatic heterocycles. The van der Waals surface area contributed by atoms with E-state index in [1.807, 2.05) is 36.4 Å². The number of benzene rings is 2. The van der Waals surface area contributed by atoms with Crippen molar-refractivity contribution in [3.63, 3.8) is 0 Å². The summed E-state index contributed by atoms with van der Waals surface area (Å²) in [6, 6.07) is 13.1. The van der Waals surface area contributed by atoms with Gasteiger partial charge in [0.05, 0.1) is 83.7 Å². The minimum atomic E-state index is -0.723. The van der Waals surface area contributed by atoms with E-state index in [2.05, 4.69) is 0 Å². The zero-order valence-corrected chi connectivity index (χ0v) is 18.8. The summed E-state index contributed by atoms with van der Waals surface area (Å²) in [5, 5.41) is 28.8. The first kappa shape index (κ1) is 27.1. The van der Waals surface area contributed by atoms with Gasteiger partial charge >= 0.3 is 5.97 Å². The number of ether oxygens (including phenoxy) is 5. The van der Waals surface area contributed by atoms with Crippen LogP contribution in [0.4, 0.5) is 0 Å². The van der Waals surface area contributed by atoms with E-state index >= 15 is 0 Å². The third kappa shape index (κ3) is 9.34. The van der Waals surface area contributed by atoms with Gasteiger partial charge in [-0.1, -0.05) is 36.4 Å². The molecule has 0 saturated heterocycles. The number of aliphatic hydroxyl groups excluding tert-OH is 3. The van der Waals surface area contributed by atoms with Crippen molar-refractivity contribution in [2.75, 3.05) is 79.3 Å². The van der Waals surface area contributed by atoms with E-state index in [1.165, 1.54) is 0 Å². The van der Waals surface area contributed by atoms with Crippen LogP contribution in [0.5, 0.6) is 0 Å². The van der Waals surface area contributed by atoms with Gasteiger partial charge in [-0.3, -0.25) is 0 Å². The van der Waals surface area contributed by atoms with Crippen molar-refractivity contribution >= 4 is 16.7 Å². The highest BCUT2D eigenvalue weighted by Crippen LogP contribution is 2.21. The smallest absolute Gasteiger partial charge is 0.338 e. The fraction of sp³-hybridized carbons (Fsp3) is 0.542. The Bertz CT molecular complexity index is 780. The SMILES string of the molecule is O=C(OCCOCC(COCCO)(COCCO)COCCO)c1cccc2ccccc12. The topological polar surface area (TPSA) is 124 Å². The molecule has 3 N–H and O–H groups in total. The van der Waals surface area contributed by atoms with Crippen molar-refractivity contribution in [1.82, 2.24) is 0 Å². The fourth-order valence-corrected chi connectivity index (χ4v) is 3.27. The van der Waals surface area contributed by atoms with Gasteiger partial charge in [-0.15, -0.1) is 0 Å². The Hall–Kier alpha value is -2.11. The number of aliphatic hydroxyl groups is 3. The van der Waals surface area contributed by atoms with Gasteiger partial charge in [-0.05, 0) is 16.8 Å². The van der Waals surface area contributed by atoms with E-state index in [9.17, 15) is 4.79 Å². The number of hydrogen-bond donors (Lipinski definition) is 3. The Morgan fingerprint density at radius 3 is 1.76 bits per heavy atom. The molecular formula is C24H34O9. The van der Waals surface area contributed by atoms with Gasteiger partial charge in [0.2, 0.25) is 0 Å². The molecule has 0 atom stereocenters. The molecule has 0 unspecified atom stereocenters. The highest BCUT2D eigenvalue weighted by Gasteiger charge is 2.32. The summed E-state index contributed by atoms with van der Waals surface area (Å²) >= 11 is 0. The fourth-order valence-electron chi connectivity index (χ4n) is 3.27. The lowest BCUT2D eigenvalue weighted by molar-refractivity contribution is -0.115. The highest BCUT2D eigenvalue weighted by molar-refractivity contribution is 6.04. The minimum absolute atomic E-state index is 0.0601. The molecule has 0 aromatic heterocycles. The maximum absolute atomic E-state index is 12.5. The Kier molecular flexibility index (Phi) is 12.9. The predicted octanol–water partition coefficient (Wildman–Crippen LogP) is 1.03. The van der Waals surface area contributed by atoms with Gasteiger partial charge in [0, 0.05) is 0 Å². The second-order valence-corrected chi connectivity index (χ2v) is 7.54. The molecule has 2 aromatic carbocycles. The van der Waals surface area contributed by atoms with Crippen LogP contribution in [-0.4, -0.2) is 101 Å². The second kappa shape index (κ2) is 15.7. The van der Waals surface area contributed by atoms with Gasteiger partial charge in [0.15, 0.2) is 0 Å². The molecule has 0 amide bonds. The number of carbonyl (C=O) groups excluding carboxylic acids is 1. The van der Waals surface area contributed by atoms with Gasteiger partial charge in [0.25, 0.3) is 0 Å². The lowest BCUT2D eigenvalue weighted by atomic mass is 9.92. The third-order valence-electron chi connectivity index (χ3n) is 4.81. The molecule has 0 saturated carbocycles. The average molecular weight is 467 g/mol. The Morgan fingerprint density at radius 2 is 1.18 bits per heavy atom. The molecule has 2 rings (SSSR count). The molecule has 9 heteroatoms. The molecule has 0 radical (unpaired) electrons. The molecule has 0 aliphatic rings. The number of carbonyl (C=O) groups is 1. The first-order chi connectivity index (χ1) is 16.2. The van der Waals surface area contributed by atoms with Crippen molar-refractivity contribution in [2.45, 2.75) is 0 Å². The first-order valence-electron chi connectivity index (χ1n) is 10.9. The summed E-state index contributed by atoms with van der Waals surface area (Å²) in [7, 11) is 0. The number of rotatable bonds is 18. The van der Waals surface area contributed by atoms with Gasteiger partial charge < -0.3 is 39.0 Å². The van der Waals surface area contributed by atoms with Crippen LogP contribution in [-0.2, 0) is 23.7 Å². The first-order valence-corrected chi connectivity index (χ1v) is 10.9. The van der Waals surface area contributed by atoms with Crippen molar-refractivity contribution in [1.29, 1.82) is 0 Å². The van der Waals surface area contributed by atoms with E-state index in [1.54, 1.807) is 6.07 Å². The van der Waals surface area contributed by atoms with Crippen LogP contribution in [0, 0.1) is 5.41 Å².